The normalized spacial score (nSPS) is 19.1. The first-order chi connectivity index (χ1) is 14.0. The Morgan fingerprint density at radius 3 is 2.03 bits per heavy atom. The predicted octanol–water partition coefficient (Wildman–Crippen LogP) is 2.63. The highest BCUT2D eigenvalue weighted by atomic mass is 16.6. The Morgan fingerprint density at radius 2 is 1.38 bits per heavy atom. The van der Waals surface area contributed by atoms with Crippen LogP contribution in [0.25, 0.3) is 0 Å². The molecule has 2 unspecified atom stereocenters. The highest BCUT2D eigenvalue weighted by Crippen LogP contribution is 2.41. The molecule has 2 aliphatic rings. The van der Waals surface area contributed by atoms with Crippen molar-refractivity contribution in [1.82, 2.24) is 0 Å². The standard InChI is InChI=1S/C21H21N3O5/c1-12(25)22-13-3-2-4-14(9-13)23-20(26)16-11-17(16)21(27)24-15-5-6-18-19(10-15)29-8-7-28-18/h2-6,9-10,16-17H,7-8,11H2,1H3,(H,22,25)(H,23,26)(H,24,27). The fourth-order valence-electron chi connectivity index (χ4n) is 3.24. The van der Waals surface area contributed by atoms with Crippen molar-refractivity contribution in [3.63, 3.8) is 0 Å². The summed E-state index contributed by atoms with van der Waals surface area (Å²) in [6.45, 7) is 2.39. The number of amides is 3. The average molecular weight is 395 g/mol. The van der Waals surface area contributed by atoms with Gasteiger partial charge in [0.05, 0.1) is 11.8 Å². The van der Waals surface area contributed by atoms with Crippen LogP contribution in [0.5, 0.6) is 11.5 Å². The molecule has 0 spiro atoms. The largest absolute Gasteiger partial charge is 0.486 e. The van der Waals surface area contributed by atoms with Gasteiger partial charge in [-0.05, 0) is 36.8 Å². The number of rotatable bonds is 5. The van der Waals surface area contributed by atoms with Crippen LogP contribution in [0.1, 0.15) is 13.3 Å². The van der Waals surface area contributed by atoms with Crippen molar-refractivity contribution in [3.8, 4) is 11.5 Å². The van der Waals surface area contributed by atoms with E-state index in [4.69, 9.17) is 9.47 Å². The van der Waals surface area contributed by atoms with Gasteiger partial charge in [-0.1, -0.05) is 6.07 Å². The van der Waals surface area contributed by atoms with Gasteiger partial charge in [0, 0.05) is 30.1 Å². The first kappa shape index (κ1) is 18.8. The summed E-state index contributed by atoms with van der Waals surface area (Å²) in [5.41, 5.74) is 1.77. The zero-order valence-corrected chi connectivity index (χ0v) is 15.9. The molecule has 0 bridgehead atoms. The molecule has 2 atom stereocenters. The number of carbonyl (C=O) groups is 3. The molecule has 4 rings (SSSR count). The van der Waals surface area contributed by atoms with E-state index in [0.717, 1.165) is 0 Å². The SMILES string of the molecule is CC(=O)Nc1cccc(NC(=O)C2CC2C(=O)Nc2ccc3c(c2)OCCO3)c1. The van der Waals surface area contributed by atoms with Gasteiger partial charge in [-0.25, -0.2) is 0 Å². The van der Waals surface area contributed by atoms with Gasteiger partial charge in [0.1, 0.15) is 13.2 Å². The fourth-order valence-corrected chi connectivity index (χ4v) is 3.24. The Kier molecular flexibility index (Phi) is 5.07. The second kappa shape index (κ2) is 7.83. The maximum Gasteiger partial charge on any atom is 0.228 e. The molecule has 0 radical (unpaired) electrons. The summed E-state index contributed by atoms with van der Waals surface area (Å²) in [5.74, 6) is -0.108. The third-order valence-corrected chi connectivity index (χ3v) is 4.72. The summed E-state index contributed by atoms with van der Waals surface area (Å²) in [4.78, 5) is 36.1. The van der Waals surface area contributed by atoms with E-state index in [9.17, 15) is 14.4 Å². The molecule has 29 heavy (non-hydrogen) atoms. The molecule has 1 aliphatic carbocycles. The highest BCUT2D eigenvalue weighted by molar-refractivity contribution is 6.03. The Labute approximate surface area is 167 Å². The number of carbonyl (C=O) groups excluding carboxylic acids is 3. The third-order valence-electron chi connectivity index (χ3n) is 4.72. The summed E-state index contributed by atoms with van der Waals surface area (Å²) in [6.07, 6.45) is 0.494. The number of fused-ring (bicyclic) bond motifs is 1. The lowest BCUT2D eigenvalue weighted by Crippen LogP contribution is -2.21. The van der Waals surface area contributed by atoms with Crippen LogP contribution >= 0.6 is 0 Å². The predicted molar refractivity (Wildman–Crippen MR) is 107 cm³/mol. The molecule has 8 heteroatoms. The molecule has 0 aromatic heterocycles. The maximum atomic E-state index is 12.5. The van der Waals surface area contributed by atoms with Crippen LogP contribution in [-0.4, -0.2) is 30.9 Å². The number of nitrogens with one attached hydrogen (secondary N) is 3. The van der Waals surface area contributed by atoms with Crippen molar-refractivity contribution in [2.24, 2.45) is 11.8 Å². The lowest BCUT2D eigenvalue weighted by molar-refractivity contribution is -0.122. The Morgan fingerprint density at radius 1 is 0.793 bits per heavy atom. The second-order valence-electron chi connectivity index (χ2n) is 7.05. The van der Waals surface area contributed by atoms with Crippen LogP contribution in [0.15, 0.2) is 42.5 Å². The van der Waals surface area contributed by atoms with Gasteiger partial charge in [0.2, 0.25) is 17.7 Å². The number of anilines is 3. The van der Waals surface area contributed by atoms with Crippen molar-refractivity contribution in [1.29, 1.82) is 0 Å². The van der Waals surface area contributed by atoms with E-state index in [0.29, 0.717) is 48.2 Å². The summed E-state index contributed by atoms with van der Waals surface area (Å²) >= 11 is 0. The van der Waals surface area contributed by atoms with Crippen molar-refractivity contribution >= 4 is 34.8 Å². The monoisotopic (exact) mass is 395 g/mol. The molecular formula is C21H21N3O5. The van der Waals surface area contributed by atoms with Gasteiger partial charge >= 0.3 is 0 Å². The van der Waals surface area contributed by atoms with E-state index in [2.05, 4.69) is 16.0 Å². The fraction of sp³-hybridized carbons (Fsp3) is 0.286. The minimum atomic E-state index is -0.378. The Bertz CT molecular complexity index is 975. The molecule has 2 aromatic rings. The third kappa shape index (κ3) is 4.48. The molecule has 0 saturated heterocycles. The van der Waals surface area contributed by atoms with E-state index in [-0.39, 0.29) is 29.6 Å². The number of ether oxygens (including phenoxy) is 2. The van der Waals surface area contributed by atoms with Crippen LogP contribution in [0.2, 0.25) is 0 Å². The Hall–Kier alpha value is -3.55. The van der Waals surface area contributed by atoms with Crippen molar-refractivity contribution in [2.45, 2.75) is 13.3 Å². The molecule has 8 nitrogen and oxygen atoms in total. The molecule has 1 saturated carbocycles. The average Bonchev–Trinajstić information content (AvgIpc) is 3.49. The minimum absolute atomic E-state index is 0.188. The molecule has 150 valence electrons. The van der Waals surface area contributed by atoms with Crippen molar-refractivity contribution in [2.75, 3.05) is 29.2 Å². The van der Waals surface area contributed by atoms with Gasteiger partial charge in [-0.2, -0.15) is 0 Å². The molecule has 1 heterocycles. The first-order valence-electron chi connectivity index (χ1n) is 9.38. The van der Waals surface area contributed by atoms with E-state index >= 15 is 0 Å². The van der Waals surface area contributed by atoms with E-state index in [1.165, 1.54) is 6.92 Å². The van der Waals surface area contributed by atoms with Gasteiger partial charge in [-0.3, -0.25) is 14.4 Å². The van der Waals surface area contributed by atoms with Gasteiger partial charge in [0.25, 0.3) is 0 Å². The highest BCUT2D eigenvalue weighted by Gasteiger charge is 2.48. The smallest absolute Gasteiger partial charge is 0.228 e. The van der Waals surface area contributed by atoms with Gasteiger partial charge < -0.3 is 25.4 Å². The lowest BCUT2D eigenvalue weighted by Gasteiger charge is -2.19. The number of benzene rings is 2. The van der Waals surface area contributed by atoms with Crippen molar-refractivity contribution < 1.29 is 23.9 Å². The zero-order chi connectivity index (χ0) is 20.4. The van der Waals surface area contributed by atoms with Crippen LogP contribution in [0, 0.1) is 11.8 Å². The van der Waals surface area contributed by atoms with Gasteiger partial charge in [-0.15, -0.1) is 0 Å². The van der Waals surface area contributed by atoms with Crippen LogP contribution in [-0.2, 0) is 14.4 Å². The van der Waals surface area contributed by atoms with E-state index in [1.807, 2.05) is 0 Å². The van der Waals surface area contributed by atoms with Crippen molar-refractivity contribution in [3.05, 3.63) is 42.5 Å². The zero-order valence-electron chi connectivity index (χ0n) is 15.9. The second-order valence-corrected chi connectivity index (χ2v) is 7.05. The molecule has 2 aromatic carbocycles. The number of hydrogen-bond acceptors (Lipinski definition) is 5. The summed E-state index contributed by atoms with van der Waals surface area (Å²) in [6, 6.07) is 12.1. The van der Waals surface area contributed by atoms with Gasteiger partial charge in [0.15, 0.2) is 11.5 Å². The van der Waals surface area contributed by atoms with Crippen LogP contribution < -0.4 is 25.4 Å². The van der Waals surface area contributed by atoms with Crippen LogP contribution in [0.3, 0.4) is 0 Å². The lowest BCUT2D eigenvalue weighted by atomic mass is 10.2. The maximum absolute atomic E-state index is 12.5. The number of hydrogen-bond donors (Lipinski definition) is 3. The molecule has 3 amide bonds. The minimum Gasteiger partial charge on any atom is -0.486 e. The topological polar surface area (TPSA) is 106 Å². The summed E-state index contributed by atoms with van der Waals surface area (Å²) in [5, 5.41) is 8.30. The molecule has 1 fully saturated rings. The van der Waals surface area contributed by atoms with Crippen LogP contribution in [0.4, 0.5) is 17.1 Å². The summed E-state index contributed by atoms with van der Waals surface area (Å²) in [7, 11) is 0. The Balaban J connectivity index is 1.33. The first-order valence-corrected chi connectivity index (χ1v) is 9.38. The molecular weight excluding hydrogens is 374 g/mol. The quantitative estimate of drug-likeness (QED) is 0.722. The molecule has 1 aliphatic heterocycles. The summed E-state index contributed by atoms with van der Waals surface area (Å²) < 4.78 is 11.0. The van der Waals surface area contributed by atoms with E-state index < -0.39 is 0 Å². The van der Waals surface area contributed by atoms with E-state index in [1.54, 1.807) is 42.5 Å². The molecule has 3 N–H and O–H groups in total.